The van der Waals surface area contributed by atoms with Crippen LogP contribution in [0.5, 0.6) is 11.5 Å². The highest BCUT2D eigenvalue weighted by atomic mass is 35.5. The molecule has 3 aromatic heterocycles. The molecule has 0 spiro atoms. The molecule has 5 rings (SSSR count). The summed E-state index contributed by atoms with van der Waals surface area (Å²) in [7, 11) is 0.526. The number of aryl methyl sites for hydroxylation is 1. The predicted octanol–water partition coefficient (Wildman–Crippen LogP) is 4.27. The number of nitrogens with one attached hydrogen (secondary N) is 1. The number of methoxy groups -OCH3 is 3. The van der Waals surface area contributed by atoms with Gasteiger partial charge in [-0.25, -0.2) is 18.4 Å². The molecule has 0 aliphatic carbocycles. The Hall–Kier alpha value is -4.07. The van der Waals surface area contributed by atoms with E-state index >= 15 is 0 Å². The highest BCUT2D eigenvalue weighted by Gasteiger charge is 2.35. The summed E-state index contributed by atoms with van der Waals surface area (Å²) in [6.45, 7) is 3.40. The summed E-state index contributed by atoms with van der Waals surface area (Å²) >= 11 is 6.29. The minimum Gasteiger partial charge on any atom is -0.494 e. The first-order valence-corrected chi connectivity index (χ1v) is 14.6. The van der Waals surface area contributed by atoms with Crippen LogP contribution in [0.4, 0.5) is 0 Å². The van der Waals surface area contributed by atoms with Crippen LogP contribution in [0, 0.1) is 6.92 Å². The summed E-state index contributed by atoms with van der Waals surface area (Å²) in [6, 6.07) is 10.5. The molecular formula is C27H28ClN7O5S. The number of fused-ring (bicyclic) bond motifs is 1. The number of H-pyrrole nitrogens is 1. The number of hydrogen-bond acceptors (Lipinski definition) is 10. The number of para-hydroxylation sites is 1. The van der Waals surface area contributed by atoms with E-state index in [0.29, 0.717) is 33.3 Å². The normalized spacial score (nSPS) is 13.3. The van der Waals surface area contributed by atoms with E-state index in [0.717, 1.165) is 11.1 Å². The van der Waals surface area contributed by atoms with Crippen molar-refractivity contribution in [1.82, 2.24) is 34.9 Å². The van der Waals surface area contributed by atoms with Crippen LogP contribution in [0.1, 0.15) is 30.2 Å². The molecule has 5 aromatic rings. The third-order valence-corrected chi connectivity index (χ3v) is 9.00. The molecule has 41 heavy (non-hydrogen) atoms. The summed E-state index contributed by atoms with van der Waals surface area (Å²) in [4.78, 5) is 8.57. The quantitative estimate of drug-likeness (QED) is 0.247. The predicted molar refractivity (Wildman–Crippen MR) is 153 cm³/mol. The van der Waals surface area contributed by atoms with Gasteiger partial charge in [0.1, 0.15) is 34.7 Å². The average molecular weight is 598 g/mol. The molecule has 14 heteroatoms. The molecule has 2 aromatic carbocycles. The number of halogens is 1. The molecular weight excluding hydrogens is 570 g/mol. The maximum Gasteiger partial charge on any atom is 0.190 e. The van der Waals surface area contributed by atoms with Crippen molar-refractivity contribution in [3.05, 3.63) is 71.0 Å². The van der Waals surface area contributed by atoms with Crippen LogP contribution in [0.25, 0.3) is 28.1 Å². The molecule has 214 valence electrons. The van der Waals surface area contributed by atoms with Crippen LogP contribution < -0.4 is 9.47 Å². The zero-order valence-electron chi connectivity index (χ0n) is 23.0. The zero-order valence-corrected chi connectivity index (χ0v) is 24.6. The second kappa shape index (κ2) is 11.4. The number of nitrogens with zero attached hydrogens (tertiary/aromatic N) is 6. The molecule has 0 amide bonds. The number of sulfone groups is 1. The van der Waals surface area contributed by atoms with E-state index in [1.165, 1.54) is 21.3 Å². The molecule has 1 N–H and O–H groups in total. The van der Waals surface area contributed by atoms with Crippen LogP contribution in [0.3, 0.4) is 0 Å². The van der Waals surface area contributed by atoms with Crippen molar-refractivity contribution in [3.63, 3.8) is 0 Å². The van der Waals surface area contributed by atoms with Gasteiger partial charge in [0.15, 0.2) is 27.3 Å². The third kappa shape index (κ3) is 5.35. The Labute approximate surface area is 241 Å². The van der Waals surface area contributed by atoms with Crippen molar-refractivity contribution in [1.29, 1.82) is 0 Å². The fourth-order valence-electron chi connectivity index (χ4n) is 4.56. The molecule has 12 nitrogen and oxygen atoms in total. The van der Waals surface area contributed by atoms with Gasteiger partial charge in [-0.2, -0.15) is 5.10 Å². The fourth-order valence-corrected chi connectivity index (χ4v) is 6.15. The smallest absolute Gasteiger partial charge is 0.190 e. The van der Waals surface area contributed by atoms with Crippen LogP contribution >= 0.6 is 11.6 Å². The second-order valence-electron chi connectivity index (χ2n) is 9.34. The molecule has 0 aliphatic heterocycles. The van der Waals surface area contributed by atoms with Crippen molar-refractivity contribution in [2.75, 3.05) is 21.3 Å². The first-order valence-electron chi connectivity index (χ1n) is 12.5. The van der Waals surface area contributed by atoms with E-state index in [1.807, 2.05) is 6.92 Å². The van der Waals surface area contributed by atoms with Gasteiger partial charge in [0, 0.05) is 29.9 Å². The van der Waals surface area contributed by atoms with E-state index < -0.39 is 26.9 Å². The standard InChI is InChI=1S/C27H28ClN7O5S/c1-15-12-29-26(30-13-15)25(40-5)16(2)41(36,37)14-22-32-34-27(23-18-11-17(28)9-10-19(18)31-33-23)35(22)24-20(38-3)7-6-8-21(24)39-4/h6-13,16,25H,14H2,1-5H3,(H,31,33)/t16-,25-/m0/s1. The molecule has 2 atom stereocenters. The lowest BCUT2D eigenvalue weighted by Crippen LogP contribution is -2.30. The minimum atomic E-state index is -3.92. The van der Waals surface area contributed by atoms with Crippen molar-refractivity contribution in [2.24, 2.45) is 0 Å². The lowest BCUT2D eigenvalue weighted by molar-refractivity contribution is 0.0947. The summed E-state index contributed by atoms with van der Waals surface area (Å²) in [6.07, 6.45) is 2.32. The van der Waals surface area contributed by atoms with Gasteiger partial charge in [-0.05, 0) is 49.7 Å². The van der Waals surface area contributed by atoms with Crippen molar-refractivity contribution in [3.8, 4) is 28.7 Å². The molecule has 0 unspecified atom stereocenters. The summed E-state index contributed by atoms with van der Waals surface area (Å²) < 4.78 is 46.2. The maximum atomic E-state index is 13.9. The van der Waals surface area contributed by atoms with Crippen molar-refractivity contribution in [2.45, 2.75) is 31.0 Å². The Morgan fingerprint density at radius 1 is 1.02 bits per heavy atom. The van der Waals surface area contributed by atoms with Gasteiger partial charge in [0.25, 0.3) is 0 Å². The zero-order chi connectivity index (χ0) is 29.3. The molecule has 0 radical (unpaired) electrons. The van der Waals surface area contributed by atoms with E-state index in [2.05, 4.69) is 30.4 Å². The van der Waals surface area contributed by atoms with Gasteiger partial charge < -0.3 is 14.2 Å². The molecule has 0 fully saturated rings. The number of benzene rings is 2. The molecule has 0 aliphatic rings. The fraction of sp³-hybridized carbons (Fsp3) is 0.296. The van der Waals surface area contributed by atoms with E-state index in [4.69, 9.17) is 25.8 Å². The van der Waals surface area contributed by atoms with Crippen LogP contribution in [0.2, 0.25) is 5.02 Å². The third-order valence-electron chi connectivity index (χ3n) is 6.72. The highest BCUT2D eigenvalue weighted by Crippen LogP contribution is 2.38. The Bertz CT molecular complexity index is 1780. The van der Waals surface area contributed by atoms with Crippen molar-refractivity contribution >= 4 is 32.3 Å². The minimum absolute atomic E-state index is 0.118. The summed E-state index contributed by atoms with van der Waals surface area (Å²) in [5.74, 6) is 0.993. The SMILES string of the molecule is COc1cccc(OC)c1-n1c(CS(=O)(=O)[C@@H](C)[C@H](OC)c2ncc(C)cn2)nnc1-c1n[nH]c2ccc(Cl)cc12. The number of ether oxygens (including phenoxy) is 3. The van der Waals surface area contributed by atoms with E-state index in [9.17, 15) is 8.42 Å². The van der Waals surface area contributed by atoms with Crippen LogP contribution in [0.15, 0.2) is 48.8 Å². The average Bonchev–Trinajstić information content (AvgIpc) is 3.56. The second-order valence-corrected chi connectivity index (χ2v) is 12.1. The lowest BCUT2D eigenvalue weighted by atomic mass is 10.2. The topological polar surface area (TPSA) is 147 Å². The molecule has 0 saturated heterocycles. The molecule has 0 saturated carbocycles. The number of aromatic amines is 1. The number of aromatic nitrogens is 7. The maximum absolute atomic E-state index is 13.9. The highest BCUT2D eigenvalue weighted by molar-refractivity contribution is 7.91. The van der Waals surface area contributed by atoms with Gasteiger partial charge in [0.2, 0.25) is 0 Å². The summed E-state index contributed by atoms with van der Waals surface area (Å²) in [5.41, 5.74) is 2.40. The molecule has 0 bridgehead atoms. The van der Waals surface area contributed by atoms with Gasteiger partial charge in [-0.1, -0.05) is 17.7 Å². The Kier molecular flexibility index (Phi) is 7.93. The van der Waals surface area contributed by atoms with Crippen molar-refractivity contribution < 1.29 is 22.6 Å². The first kappa shape index (κ1) is 28.5. The Balaban J connectivity index is 1.67. The van der Waals surface area contributed by atoms with Gasteiger partial charge in [-0.3, -0.25) is 9.67 Å². The van der Waals surface area contributed by atoms with Gasteiger partial charge in [-0.15, -0.1) is 10.2 Å². The summed E-state index contributed by atoms with van der Waals surface area (Å²) in [5, 5.41) is 16.3. The molecule has 3 heterocycles. The van der Waals surface area contributed by atoms with E-state index in [1.54, 1.807) is 60.3 Å². The van der Waals surface area contributed by atoms with E-state index in [-0.39, 0.29) is 17.5 Å². The Morgan fingerprint density at radius 3 is 2.34 bits per heavy atom. The van der Waals surface area contributed by atoms with Crippen LogP contribution in [-0.4, -0.2) is 69.9 Å². The lowest BCUT2D eigenvalue weighted by Gasteiger charge is -2.22. The van der Waals surface area contributed by atoms with Gasteiger partial charge in [0.05, 0.1) is 25.0 Å². The monoisotopic (exact) mass is 597 g/mol. The number of hydrogen-bond donors (Lipinski definition) is 1. The first-order chi connectivity index (χ1) is 19.7. The number of rotatable bonds is 10. The Morgan fingerprint density at radius 2 is 1.71 bits per heavy atom. The van der Waals surface area contributed by atoms with Crippen LogP contribution in [-0.2, 0) is 20.3 Å². The van der Waals surface area contributed by atoms with Gasteiger partial charge >= 0.3 is 0 Å². The largest absolute Gasteiger partial charge is 0.494 e.